The summed E-state index contributed by atoms with van der Waals surface area (Å²) in [6, 6.07) is 0. The summed E-state index contributed by atoms with van der Waals surface area (Å²) in [5, 5.41) is 0. The number of ether oxygens (including phenoxy) is 3. The summed E-state index contributed by atoms with van der Waals surface area (Å²) in [5.74, 6) is 0.116. The monoisotopic (exact) mass is 417 g/mol. The average Bonchev–Trinajstić information content (AvgIpc) is 3.11. The van der Waals surface area contributed by atoms with Gasteiger partial charge in [0, 0.05) is 32.0 Å². The van der Waals surface area contributed by atoms with E-state index >= 15 is 0 Å². The van der Waals surface area contributed by atoms with Gasteiger partial charge in [-0.25, -0.2) is 13.2 Å². The highest BCUT2D eigenvalue weighted by molar-refractivity contribution is 7.89. The molecule has 2 aliphatic heterocycles. The van der Waals surface area contributed by atoms with Crippen molar-refractivity contribution in [2.24, 2.45) is 0 Å². The van der Waals surface area contributed by atoms with Crippen LogP contribution in [0.4, 0.5) is 0 Å². The van der Waals surface area contributed by atoms with Crippen molar-refractivity contribution in [1.82, 2.24) is 13.9 Å². The minimum Gasteiger partial charge on any atom is -0.374 e. The lowest BCUT2D eigenvalue weighted by molar-refractivity contribution is -0.0798. The van der Waals surface area contributed by atoms with Crippen molar-refractivity contribution in [3.05, 3.63) is 32.6 Å². The summed E-state index contributed by atoms with van der Waals surface area (Å²) in [5.41, 5.74) is -0.742. The topological polar surface area (TPSA) is 120 Å². The number of aryl methyl sites for hydroxylation is 1. The first kappa shape index (κ1) is 21.2. The molecule has 0 aromatic carbocycles. The van der Waals surface area contributed by atoms with Crippen LogP contribution in [0.2, 0.25) is 0 Å². The molecule has 3 heterocycles. The number of nitrogens with zero attached hydrogens (tertiary/aromatic N) is 2. The Kier molecular flexibility index (Phi) is 6.11. The molecular formula is C17H27N3O7S. The maximum absolute atomic E-state index is 12.3. The van der Waals surface area contributed by atoms with Crippen LogP contribution in [-0.4, -0.2) is 72.6 Å². The summed E-state index contributed by atoms with van der Waals surface area (Å²) in [7, 11) is -1.83. The molecule has 1 aromatic rings. The molecular weight excluding hydrogens is 390 g/mol. The summed E-state index contributed by atoms with van der Waals surface area (Å²) < 4.78 is 44.8. The Hall–Kier alpha value is -1.53. The van der Waals surface area contributed by atoms with Crippen LogP contribution in [0, 0.1) is 6.92 Å². The second-order valence-corrected chi connectivity index (χ2v) is 9.51. The molecule has 0 amide bonds. The van der Waals surface area contributed by atoms with E-state index in [2.05, 4.69) is 4.98 Å². The van der Waals surface area contributed by atoms with Crippen molar-refractivity contribution in [3.63, 3.8) is 0 Å². The second kappa shape index (κ2) is 8.07. The zero-order valence-corrected chi connectivity index (χ0v) is 17.3. The Balaban J connectivity index is 1.95. The van der Waals surface area contributed by atoms with E-state index in [0.29, 0.717) is 18.5 Å². The lowest BCUT2D eigenvalue weighted by atomic mass is 10.1. The number of rotatable bonds is 6. The molecule has 1 N–H and O–H groups in total. The van der Waals surface area contributed by atoms with Gasteiger partial charge in [0.05, 0.1) is 11.9 Å². The third kappa shape index (κ3) is 4.08. The molecule has 10 nitrogen and oxygen atoms in total. The molecule has 0 saturated carbocycles. The first-order chi connectivity index (χ1) is 13.1. The second-order valence-electron chi connectivity index (χ2n) is 7.42. The van der Waals surface area contributed by atoms with Crippen LogP contribution in [-0.2, 0) is 24.2 Å². The van der Waals surface area contributed by atoms with Crippen LogP contribution in [0.3, 0.4) is 0 Å². The highest BCUT2D eigenvalue weighted by atomic mass is 32.2. The van der Waals surface area contributed by atoms with Crippen LogP contribution in [0.5, 0.6) is 0 Å². The number of H-pyrrole nitrogens is 1. The molecule has 0 spiro atoms. The smallest absolute Gasteiger partial charge is 0.330 e. The quantitative estimate of drug-likeness (QED) is 0.668. The summed E-state index contributed by atoms with van der Waals surface area (Å²) in [6.45, 7) is 5.85. The third-order valence-corrected chi connectivity index (χ3v) is 6.92. The van der Waals surface area contributed by atoms with Crippen LogP contribution < -0.4 is 11.2 Å². The Morgan fingerprint density at radius 3 is 2.61 bits per heavy atom. The van der Waals surface area contributed by atoms with Crippen molar-refractivity contribution in [2.45, 2.75) is 57.8 Å². The Labute approximate surface area is 163 Å². The maximum Gasteiger partial charge on any atom is 0.330 e. The number of aromatic nitrogens is 2. The van der Waals surface area contributed by atoms with E-state index in [1.54, 1.807) is 6.92 Å². The van der Waals surface area contributed by atoms with Gasteiger partial charge in [0.1, 0.15) is 18.3 Å². The van der Waals surface area contributed by atoms with E-state index in [4.69, 9.17) is 14.2 Å². The molecule has 2 fully saturated rings. The van der Waals surface area contributed by atoms with Gasteiger partial charge in [-0.1, -0.05) is 0 Å². The van der Waals surface area contributed by atoms with Crippen molar-refractivity contribution >= 4 is 10.0 Å². The molecule has 1 aromatic heterocycles. The van der Waals surface area contributed by atoms with Gasteiger partial charge >= 0.3 is 5.69 Å². The summed E-state index contributed by atoms with van der Waals surface area (Å²) >= 11 is 0. The lowest BCUT2D eigenvalue weighted by Gasteiger charge is -2.27. The zero-order valence-electron chi connectivity index (χ0n) is 16.5. The Morgan fingerprint density at radius 1 is 1.32 bits per heavy atom. The molecule has 11 heteroatoms. The minimum absolute atomic E-state index is 0.116. The summed E-state index contributed by atoms with van der Waals surface area (Å²) in [4.78, 5) is 26.3. The number of methoxy groups -OCH3 is 1. The van der Waals surface area contributed by atoms with Gasteiger partial charge in [-0.05, 0) is 27.2 Å². The highest BCUT2D eigenvalue weighted by Crippen LogP contribution is 2.34. The van der Waals surface area contributed by atoms with Crippen LogP contribution in [0.1, 0.15) is 32.1 Å². The average molecular weight is 417 g/mol. The molecule has 3 rings (SSSR count). The van der Waals surface area contributed by atoms with Gasteiger partial charge in [-0.15, -0.1) is 0 Å². The summed E-state index contributed by atoms with van der Waals surface area (Å²) in [6.07, 6.45) is -0.876. The molecule has 0 unspecified atom stereocenters. The first-order valence-electron chi connectivity index (χ1n) is 9.27. The number of sulfonamides is 1. The fraction of sp³-hybridized carbons (Fsp3) is 0.765. The maximum atomic E-state index is 12.3. The molecule has 0 aliphatic carbocycles. The van der Waals surface area contributed by atoms with Gasteiger partial charge in [0.2, 0.25) is 10.0 Å². The lowest BCUT2D eigenvalue weighted by Crippen LogP contribution is -2.44. The molecule has 2 saturated heterocycles. The van der Waals surface area contributed by atoms with Crippen LogP contribution in [0.15, 0.2) is 15.8 Å². The van der Waals surface area contributed by atoms with E-state index in [0.717, 1.165) is 0 Å². The molecule has 28 heavy (non-hydrogen) atoms. The molecule has 4 atom stereocenters. The number of hydrogen-bond donors (Lipinski definition) is 1. The van der Waals surface area contributed by atoms with E-state index < -0.39 is 45.8 Å². The number of aromatic amines is 1. The molecule has 0 bridgehead atoms. The van der Waals surface area contributed by atoms with Gasteiger partial charge < -0.3 is 14.2 Å². The van der Waals surface area contributed by atoms with Crippen LogP contribution in [0.25, 0.3) is 0 Å². The van der Waals surface area contributed by atoms with Gasteiger partial charge in [-0.2, -0.15) is 4.31 Å². The van der Waals surface area contributed by atoms with E-state index in [9.17, 15) is 18.0 Å². The van der Waals surface area contributed by atoms with Crippen molar-refractivity contribution in [2.75, 3.05) is 26.0 Å². The predicted molar refractivity (Wildman–Crippen MR) is 101 cm³/mol. The Morgan fingerprint density at radius 2 is 2.04 bits per heavy atom. The van der Waals surface area contributed by atoms with Crippen molar-refractivity contribution in [3.8, 4) is 0 Å². The zero-order chi connectivity index (χ0) is 20.6. The fourth-order valence-corrected chi connectivity index (χ4v) is 5.21. The normalized spacial score (nSPS) is 30.3. The van der Waals surface area contributed by atoms with Gasteiger partial charge in [0.15, 0.2) is 6.23 Å². The molecule has 158 valence electrons. The Bertz CT molecular complexity index is 923. The van der Waals surface area contributed by atoms with Crippen molar-refractivity contribution < 1.29 is 22.6 Å². The van der Waals surface area contributed by atoms with Gasteiger partial charge in [-0.3, -0.25) is 14.3 Å². The highest BCUT2D eigenvalue weighted by Gasteiger charge is 2.49. The third-order valence-electron chi connectivity index (χ3n) is 4.99. The van der Waals surface area contributed by atoms with Gasteiger partial charge in [0.25, 0.3) is 5.56 Å². The molecule has 0 radical (unpaired) electrons. The SMILES string of the molecule is CO[C@@H]1[C@H](OC(C)C)[C@@H](CN2CCCS2(=O)=O)O[C@H]1n1cc(C)c(=O)[nH]c1=O. The number of hydrogen-bond acceptors (Lipinski definition) is 7. The first-order valence-corrected chi connectivity index (χ1v) is 10.9. The van der Waals surface area contributed by atoms with E-state index in [1.165, 1.54) is 22.2 Å². The minimum atomic E-state index is -3.31. The van der Waals surface area contributed by atoms with E-state index in [-0.39, 0.29) is 18.4 Å². The largest absolute Gasteiger partial charge is 0.374 e. The van der Waals surface area contributed by atoms with Crippen LogP contribution >= 0.6 is 0 Å². The number of nitrogens with one attached hydrogen (secondary N) is 1. The predicted octanol–water partition coefficient (Wildman–Crippen LogP) is -0.413. The molecule has 2 aliphatic rings. The standard InChI is InChI=1S/C17H27N3O7S/c1-10(2)26-13-12(9-19-6-5-7-28(19,23)24)27-16(14(13)25-4)20-8-11(3)15(21)18-17(20)22/h8,10,12-14,16H,5-7,9H2,1-4H3,(H,18,21,22)/t12-,13-,14-,16-/m1/s1. The van der Waals surface area contributed by atoms with E-state index in [1.807, 2.05) is 13.8 Å². The van der Waals surface area contributed by atoms with Crippen molar-refractivity contribution in [1.29, 1.82) is 0 Å². The fourth-order valence-electron chi connectivity index (χ4n) is 3.68.